The number of carbonyl (C=O) groups excluding carboxylic acids is 2. The highest BCUT2D eigenvalue weighted by molar-refractivity contribution is 5.86. The van der Waals surface area contributed by atoms with Gasteiger partial charge in [-0.25, -0.2) is 9.59 Å². The number of anilines is 1. The number of carbonyl (C=O) groups is 2. The molecule has 1 aromatic heterocycles. The number of benzene rings is 1. The van der Waals surface area contributed by atoms with Gasteiger partial charge in [-0.05, 0) is 55.8 Å². The van der Waals surface area contributed by atoms with Gasteiger partial charge in [0.2, 0.25) is 0 Å². The number of hydrogen-bond donors (Lipinski definition) is 0. The molecule has 0 amide bonds. The lowest BCUT2D eigenvalue weighted by atomic mass is 9.99. The highest BCUT2D eigenvalue weighted by Gasteiger charge is 2.42. The van der Waals surface area contributed by atoms with Crippen molar-refractivity contribution in [2.75, 3.05) is 25.7 Å². The molecule has 0 bridgehead atoms. The third kappa shape index (κ3) is 5.31. The Morgan fingerprint density at radius 1 is 1.16 bits per heavy atom. The van der Waals surface area contributed by atoms with Crippen molar-refractivity contribution in [3.8, 4) is 5.75 Å². The number of nitrogens with zero attached hydrogens (tertiary/aromatic N) is 2. The van der Waals surface area contributed by atoms with Crippen molar-refractivity contribution >= 4 is 23.7 Å². The SMILES string of the molecule is CCOC(=O)[C@H]1[C@@H](/C=C/C(=O)OC)C/C(=C\c2ccccn2)N1c1ccc(OC)cc1. The van der Waals surface area contributed by atoms with E-state index in [1.165, 1.54) is 13.2 Å². The zero-order valence-corrected chi connectivity index (χ0v) is 17.9. The van der Waals surface area contributed by atoms with Crippen molar-refractivity contribution in [1.82, 2.24) is 4.98 Å². The molecule has 0 N–H and O–H groups in total. The average molecular weight is 422 g/mol. The Kier molecular flexibility index (Phi) is 7.43. The standard InChI is InChI=1S/C24H26N2O5/c1-4-31-24(28)23-17(8-13-22(27)30-3)15-20(16-18-7-5-6-14-25-18)26(23)19-9-11-21(29-2)12-10-19/h5-14,16-17,23H,4,15H2,1-3H3/b13-8+,20-16+/t17-,23+/m0/s1. The van der Waals surface area contributed by atoms with Gasteiger partial charge in [0.25, 0.3) is 0 Å². The second kappa shape index (κ2) is 10.4. The molecule has 1 saturated heterocycles. The summed E-state index contributed by atoms with van der Waals surface area (Å²) in [5, 5.41) is 0. The van der Waals surface area contributed by atoms with Crippen LogP contribution in [0.4, 0.5) is 5.69 Å². The van der Waals surface area contributed by atoms with Gasteiger partial charge < -0.3 is 19.1 Å². The molecule has 3 rings (SSSR count). The quantitative estimate of drug-likeness (QED) is 0.498. The van der Waals surface area contributed by atoms with Crippen molar-refractivity contribution in [2.45, 2.75) is 19.4 Å². The minimum Gasteiger partial charge on any atom is -0.497 e. The maximum absolute atomic E-state index is 13.0. The average Bonchev–Trinajstić information content (AvgIpc) is 3.16. The first-order valence-electron chi connectivity index (χ1n) is 10.0. The van der Waals surface area contributed by atoms with Gasteiger partial charge in [0.1, 0.15) is 11.8 Å². The Morgan fingerprint density at radius 3 is 2.55 bits per heavy atom. The lowest BCUT2D eigenvalue weighted by Gasteiger charge is -2.28. The minimum absolute atomic E-state index is 0.262. The predicted octanol–water partition coefficient (Wildman–Crippen LogP) is 3.62. The molecule has 1 fully saturated rings. The summed E-state index contributed by atoms with van der Waals surface area (Å²) in [6.45, 7) is 2.03. The van der Waals surface area contributed by atoms with Crippen molar-refractivity contribution in [3.05, 3.63) is 72.2 Å². The first-order chi connectivity index (χ1) is 15.1. The second-order valence-corrected chi connectivity index (χ2v) is 6.91. The van der Waals surface area contributed by atoms with E-state index in [2.05, 4.69) is 4.98 Å². The molecule has 2 heterocycles. The molecule has 162 valence electrons. The van der Waals surface area contributed by atoms with E-state index in [0.717, 1.165) is 17.1 Å². The number of allylic oxidation sites excluding steroid dienone is 1. The van der Waals surface area contributed by atoms with E-state index in [4.69, 9.17) is 14.2 Å². The van der Waals surface area contributed by atoms with Gasteiger partial charge in [0.05, 0.1) is 26.5 Å². The summed E-state index contributed by atoms with van der Waals surface area (Å²) in [6.07, 6.45) is 7.26. The Balaban J connectivity index is 2.08. The molecule has 0 radical (unpaired) electrons. The summed E-state index contributed by atoms with van der Waals surface area (Å²) in [6, 6.07) is 12.5. The molecular formula is C24H26N2O5. The van der Waals surface area contributed by atoms with E-state index >= 15 is 0 Å². The fourth-order valence-corrected chi connectivity index (χ4v) is 3.60. The van der Waals surface area contributed by atoms with Crippen LogP contribution < -0.4 is 9.64 Å². The molecule has 31 heavy (non-hydrogen) atoms. The second-order valence-electron chi connectivity index (χ2n) is 6.91. The van der Waals surface area contributed by atoms with Crippen LogP contribution in [-0.2, 0) is 19.1 Å². The molecule has 1 aliphatic heterocycles. The Labute approximate surface area is 181 Å². The fraction of sp³-hybridized carbons (Fsp3) is 0.292. The van der Waals surface area contributed by atoms with Crippen molar-refractivity contribution in [3.63, 3.8) is 0 Å². The van der Waals surface area contributed by atoms with Crippen LogP contribution in [0.1, 0.15) is 19.0 Å². The Hall–Kier alpha value is -3.61. The van der Waals surface area contributed by atoms with E-state index in [0.29, 0.717) is 12.2 Å². The first-order valence-corrected chi connectivity index (χ1v) is 10.0. The zero-order valence-electron chi connectivity index (χ0n) is 17.9. The van der Waals surface area contributed by atoms with Crippen LogP contribution in [0.15, 0.2) is 66.5 Å². The topological polar surface area (TPSA) is 78.0 Å². The third-order valence-electron chi connectivity index (χ3n) is 5.00. The van der Waals surface area contributed by atoms with Gasteiger partial charge in [-0.3, -0.25) is 4.98 Å². The van der Waals surface area contributed by atoms with Gasteiger partial charge in [0.15, 0.2) is 0 Å². The number of aromatic nitrogens is 1. The molecular weight excluding hydrogens is 396 g/mol. The summed E-state index contributed by atoms with van der Waals surface area (Å²) >= 11 is 0. The fourth-order valence-electron chi connectivity index (χ4n) is 3.60. The number of pyridine rings is 1. The number of ether oxygens (including phenoxy) is 3. The number of esters is 2. The molecule has 1 aromatic carbocycles. The largest absolute Gasteiger partial charge is 0.497 e. The lowest BCUT2D eigenvalue weighted by molar-refractivity contribution is -0.145. The van der Waals surface area contributed by atoms with E-state index in [1.807, 2.05) is 53.4 Å². The van der Waals surface area contributed by atoms with Crippen LogP contribution in [0, 0.1) is 5.92 Å². The van der Waals surface area contributed by atoms with Crippen LogP contribution >= 0.6 is 0 Å². The summed E-state index contributed by atoms with van der Waals surface area (Å²) in [5.41, 5.74) is 2.48. The molecule has 7 heteroatoms. The molecule has 0 saturated carbocycles. The van der Waals surface area contributed by atoms with E-state index in [1.54, 1.807) is 26.3 Å². The minimum atomic E-state index is -0.635. The number of rotatable bonds is 7. The summed E-state index contributed by atoms with van der Waals surface area (Å²) < 4.78 is 15.4. The van der Waals surface area contributed by atoms with Crippen LogP contribution in [0.5, 0.6) is 5.75 Å². The Bertz CT molecular complexity index is 954. The van der Waals surface area contributed by atoms with E-state index < -0.39 is 12.0 Å². The summed E-state index contributed by atoms with van der Waals surface area (Å²) in [5.74, 6) is -0.397. The number of hydrogen-bond acceptors (Lipinski definition) is 7. The normalized spacial score (nSPS) is 19.6. The van der Waals surface area contributed by atoms with Crippen LogP contribution in [0.3, 0.4) is 0 Å². The smallest absolute Gasteiger partial charge is 0.330 e. The lowest BCUT2D eigenvalue weighted by Crippen LogP contribution is -2.40. The first kappa shape index (κ1) is 22.1. The maximum Gasteiger partial charge on any atom is 0.330 e. The molecule has 2 aromatic rings. The number of methoxy groups -OCH3 is 2. The summed E-state index contributed by atoms with van der Waals surface area (Å²) in [4.78, 5) is 31.0. The zero-order chi connectivity index (χ0) is 22.2. The van der Waals surface area contributed by atoms with Crippen molar-refractivity contribution < 1.29 is 23.8 Å². The van der Waals surface area contributed by atoms with Gasteiger partial charge in [-0.15, -0.1) is 0 Å². The van der Waals surface area contributed by atoms with E-state index in [9.17, 15) is 9.59 Å². The van der Waals surface area contributed by atoms with Gasteiger partial charge in [-0.1, -0.05) is 12.1 Å². The van der Waals surface area contributed by atoms with E-state index in [-0.39, 0.29) is 18.5 Å². The highest BCUT2D eigenvalue weighted by atomic mass is 16.5. The van der Waals surface area contributed by atoms with Crippen LogP contribution in [0.25, 0.3) is 6.08 Å². The monoisotopic (exact) mass is 422 g/mol. The van der Waals surface area contributed by atoms with Gasteiger partial charge in [-0.2, -0.15) is 0 Å². The summed E-state index contributed by atoms with van der Waals surface area (Å²) in [7, 11) is 2.92. The van der Waals surface area contributed by atoms with Crippen LogP contribution in [-0.4, -0.2) is 43.8 Å². The highest BCUT2D eigenvalue weighted by Crippen LogP contribution is 2.40. The van der Waals surface area contributed by atoms with Gasteiger partial charge in [0, 0.05) is 29.6 Å². The van der Waals surface area contributed by atoms with Crippen molar-refractivity contribution in [2.24, 2.45) is 5.92 Å². The molecule has 0 aliphatic carbocycles. The molecule has 0 unspecified atom stereocenters. The molecule has 0 spiro atoms. The van der Waals surface area contributed by atoms with Gasteiger partial charge >= 0.3 is 11.9 Å². The predicted molar refractivity (Wildman–Crippen MR) is 117 cm³/mol. The maximum atomic E-state index is 13.0. The Morgan fingerprint density at radius 2 is 1.94 bits per heavy atom. The van der Waals surface area contributed by atoms with Crippen LogP contribution in [0.2, 0.25) is 0 Å². The molecule has 1 aliphatic rings. The third-order valence-corrected chi connectivity index (χ3v) is 5.00. The van der Waals surface area contributed by atoms with Crippen molar-refractivity contribution in [1.29, 1.82) is 0 Å². The molecule has 7 nitrogen and oxygen atoms in total. The molecule has 2 atom stereocenters.